The number of nitrogens with one attached hydrogen (secondary N) is 1. The van der Waals surface area contributed by atoms with Gasteiger partial charge in [0.25, 0.3) is 0 Å². The van der Waals surface area contributed by atoms with Crippen LogP contribution in [0.4, 0.5) is 13.2 Å². The van der Waals surface area contributed by atoms with Crippen LogP contribution in [0.25, 0.3) is 22.3 Å². The lowest BCUT2D eigenvalue weighted by molar-refractivity contribution is -0.119. The molecule has 0 aliphatic carbocycles. The molecule has 5 aromatic rings. The van der Waals surface area contributed by atoms with E-state index in [1.807, 2.05) is 18.2 Å². The van der Waals surface area contributed by atoms with Crippen molar-refractivity contribution < 1.29 is 26.9 Å². The first-order chi connectivity index (χ1) is 23.0. The molecule has 48 heavy (non-hydrogen) atoms. The number of hydrogen-bond acceptors (Lipinski definition) is 5. The van der Waals surface area contributed by atoms with Crippen molar-refractivity contribution in [2.24, 2.45) is 12.5 Å². The van der Waals surface area contributed by atoms with Crippen LogP contribution in [0.2, 0.25) is 0 Å². The quantitative estimate of drug-likeness (QED) is 0.194. The van der Waals surface area contributed by atoms with Gasteiger partial charge in [0, 0.05) is 45.4 Å². The van der Waals surface area contributed by atoms with Crippen molar-refractivity contribution in [1.82, 2.24) is 19.7 Å². The number of rotatable bonds is 3. The Labute approximate surface area is 281 Å². The normalized spacial score (nSPS) is 22.4. The first-order valence-electron chi connectivity index (χ1n) is 15.9. The van der Waals surface area contributed by atoms with Crippen molar-refractivity contribution in [3.05, 3.63) is 94.7 Å². The molecule has 4 heterocycles. The molecule has 7 nitrogen and oxygen atoms in total. The third-order valence-electron chi connectivity index (χ3n) is 9.56. The summed E-state index contributed by atoms with van der Waals surface area (Å²) in [5.41, 5.74) is 1.81. The maximum atomic E-state index is 15.9. The van der Waals surface area contributed by atoms with E-state index in [4.69, 9.17) is 19.0 Å². The van der Waals surface area contributed by atoms with E-state index in [-0.39, 0.29) is 37.4 Å². The highest BCUT2D eigenvalue weighted by Gasteiger charge is 2.36. The highest BCUT2D eigenvalue weighted by Crippen LogP contribution is 2.43. The van der Waals surface area contributed by atoms with Crippen LogP contribution in [0.5, 0.6) is 11.5 Å². The fourth-order valence-corrected chi connectivity index (χ4v) is 13.3. The molecular weight excluding hydrogens is 658 g/mol. The Balaban J connectivity index is 1.44. The molecule has 12 heteroatoms. The molecule has 6 bridgehead atoms. The van der Waals surface area contributed by atoms with Gasteiger partial charge in [0.05, 0.1) is 22.2 Å². The molecule has 7 rings (SSSR count). The number of fused-ring (bicyclic) bond motifs is 7. The standard InChI is InChI=1S/C36H37F3N4O3S2/c1-35(2)14-8-15-36(3,23-9-6-5-7-10-23)34-41-33(43(4)42-34)26-17-24(11-12-27(26)37)46-32-25-13-16-47(20-35)48(45-21-44)19-22-18-40-31(28(22)25)29(38)30(32)39/h5-7,9-12,17-18,21,40H,8,13-16,19-20H2,1-4H3. The van der Waals surface area contributed by atoms with Crippen molar-refractivity contribution in [3.8, 4) is 22.9 Å². The van der Waals surface area contributed by atoms with Gasteiger partial charge in [0.15, 0.2) is 23.2 Å². The summed E-state index contributed by atoms with van der Waals surface area (Å²) >= 11 is 0. The van der Waals surface area contributed by atoms with Crippen molar-refractivity contribution in [3.63, 3.8) is 0 Å². The maximum absolute atomic E-state index is 15.9. The van der Waals surface area contributed by atoms with Crippen LogP contribution in [0, 0.1) is 22.9 Å². The molecule has 1 N–H and O–H groups in total. The predicted octanol–water partition coefficient (Wildman–Crippen LogP) is 7.98. The third kappa shape index (κ3) is 5.76. The first-order valence-corrected chi connectivity index (χ1v) is 19.3. The first kappa shape index (κ1) is 32.6. The number of halogens is 3. The highest BCUT2D eigenvalue weighted by atomic mass is 32.9. The average molecular weight is 695 g/mol. The zero-order valence-electron chi connectivity index (χ0n) is 27.2. The molecule has 252 valence electrons. The van der Waals surface area contributed by atoms with Gasteiger partial charge in [0.2, 0.25) is 5.82 Å². The second kappa shape index (κ2) is 12.5. The Morgan fingerprint density at radius 1 is 1.06 bits per heavy atom. The molecule has 3 unspecified atom stereocenters. The summed E-state index contributed by atoms with van der Waals surface area (Å²) in [6.45, 7) is 7.10. The number of aryl methyl sites for hydroxylation is 2. The number of ether oxygens (including phenoxy) is 1. The highest BCUT2D eigenvalue weighted by molar-refractivity contribution is 8.42. The molecular formula is C36H37F3N4O3S2. The Kier molecular flexibility index (Phi) is 8.52. The summed E-state index contributed by atoms with van der Waals surface area (Å²) in [4.78, 5) is 19.6. The predicted molar refractivity (Wildman–Crippen MR) is 184 cm³/mol. The van der Waals surface area contributed by atoms with E-state index in [0.717, 1.165) is 36.1 Å². The second-order valence-electron chi connectivity index (χ2n) is 13.5. The van der Waals surface area contributed by atoms with Gasteiger partial charge >= 0.3 is 6.47 Å². The molecule has 2 aromatic heterocycles. The van der Waals surface area contributed by atoms with Gasteiger partial charge in [-0.3, -0.25) is 4.79 Å². The van der Waals surface area contributed by atoms with Crippen LogP contribution >= 0.6 is 0 Å². The monoisotopic (exact) mass is 694 g/mol. The summed E-state index contributed by atoms with van der Waals surface area (Å²) in [6, 6.07) is 14.2. The molecule has 0 saturated heterocycles. The smallest absolute Gasteiger partial charge is 0.305 e. The molecule has 0 amide bonds. The lowest BCUT2D eigenvalue weighted by atomic mass is 9.75. The van der Waals surface area contributed by atoms with E-state index in [2.05, 4.69) is 37.9 Å². The Morgan fingerprint density at radius 2 is 1.85 bits per heavy atom. The number of H-pyrrole nitrogens is 1. The average Bonchev–Trinajstić information content (AvgIpc) is 3.66. The fourth-order valence-electron chi connectivity index (χ4n) is 7.02. The Bertz CT molecular complexity index is 2090. The number of carbonyl (C=O) groups is 1. The molecule has 0 fully saturated rings. The van der Waals surface area contributed by atoms with Crippen molar-refractivity contribution >= 4 is 36.6 Å². The maximum Gasteiger partial charge on any atom is 0.305 e. The minimum Gasteiger partial charge on any atom is -0.454 e. The van der Waals surface area contributed by atoms with Crippen molar-refractivity contribution in [2.75, 3.05) is 11.5 Å². The second-order valence-corrected chi connectivity index (χ2v) is 18.7. The lowest BCUT2D eigenvalue weighted by Gasteiger charge is -2.32. The zero-order chi connectivity index (χ0) is 33.8. The van der Waals surface area contributed by atoms with Gasteiger partial charge in [0.1, 0.15) is 11.6 Å². The van der Waals surface area contributed by atoms with Crippen LogP contribution in [0.1, 0.15) is 62.5 Å². The van der Waals surface area contributed by atoms with Gasteiger partial charge in [-0.05, 0) is 60.9 Å². The summed E-state index contributed by atoms with van der Waals surface area (Å²) in [5.74, 6) is -0.163. The molecule has 0 saturated carbocycles. The van der Waals surface area contributed by atoms with Crippen LogP contribution in [-0.4, -0.2) is 37.7 Å². The molecule has 0 radical (unpaired) electrons. The van der Waals surface area contributed by atoms with Gasteiger partial charge < -0.3 is 13.9 Å². The molecule has 2 aliphatic heterocycles. The molecule has 0 spiro atoms. The SMILES string of the molecule is Cn1nc2nc1-c1cc(ccc1F)Oc1c(F)c(F)c3[nH]cc4c3c1CC/S(=S(/OC=O)C4)CC(C)(C)CCCC2(C)c1ccccc1. The van der Waals surface area contributed by atoms with Crippen LogP contribution in [-0.2, 0) is 52.8 Å². The van der Waals surface area contributed by atoms with Crippen LogP contribution < -0.4 is 4.74 Å². The van der Waals surface area contributed by atoms with Gasteiger partial charge in [-0.15, -0.1) is 9.45 Å². The van der Waals surface area contributed by atoms with Gasteiger partial charge in [-0.2, -0.15) is 9.49 Å². The van der Waals surface area contributed by atoms with Gasteiger partial charge in [-0.1, -0.05) is 50.6 Å². The minimum absolute atomic E-state index is 0.0524. The number of benzene rings is 3. The number of aromatic nitrogens is 4. The fraction of sp³-hybridized carbons (Fsp3) is 0.361. The Hall–Kier alpha value is -3.90. The van der Waals surface area contributed by atoms with Crippen LogP contribution in [0.3, 0.4) is 0 Å². The van der Waals surface area contributed by atoms with Gasteiger partial charge in [-0.25, -0.2) is 18.4 Å². The van der Waals surface area contributed by atoms with E-state index in [1.165, 1.54) is 18.2 Å². The summed E-state index contributed by atoms with van der Waals surface area (Å²) in [6.07, 6.45) is 4.55. The lowest BCUT2D eigenvalue weighted by Crippen LogP contribution is -2.29. The number of carbonyl (C=O) groups excluding carboxylic acids is 1. The third-order valence-corrected chi connectivity index (χ3v) is 15.7. The summed E-state index contributed by atoms with van der Waals surface area (Å²) in [7, 11) is 0.572. The van der Waals surface area contributed by atoms with Crippen molar-refractivity contribution in [1.29, 1.82) is 0 Å². The van der Waals surface area contributed by atoms with E-state index in [0.29, 0.717) is 47.0 Å². The van der Waals surface area contributed by atoms with E-state index in [1.54, 1.807) is 17.9 Å². The summed E-state index contributed by atoms with van der Waals surface area (Å²) in [5, 5.41) is 5.36. The number of hydrogen-bond donors (Lipinski definition) is 1. The van der Waals surface area contributed by atoms with E-state index < -0.39 is 32.6 Å². The molecule has 2 aliphatic rings. The Morgan fingerprint density at radius 3 is 2.62 bits per heavy atom. The minimum atomic E-state index is -1.12. The zero-order valence-corrected chi connectivity index (χ0v) is 28.9. The van der Waals surface area contributed by atoms with Crippen molar-refractivity contribution in [2.45, 2.75) is 57.6 Å². The summed E-state index contributed by atoms with van der Waals surface area (Å²) < 4.78 is 60.6. The van der Waals surface area contributed by atoms with Crippen LogP contribution in [0.15, 0.2) is 54.7 Å². The topological polar surface area (TPSA) is 82.0 Å². The van der Waals surface area contributed by atoms with E-state index in [9.17, 15) is 4.79 Å². The molecule has 3 aromatic carbocycles. The van der Waals surface area contributed by atoms with E-state index >= 15 is 13.2 Å². The number of aromatic amines is 1. The largest absolute Gasteiger partial charge is 0.454 e. The number of nitrogens with zero attached hydrogens (tertiary/aromatic N) is 3. The molecule has 3 atom stereocenters.